The second-order valence-corrected chi connectivity index (χ2v) is 9.34. The number of carbonyl (C=O) groups is 2. The third-order valence-electron chi connectivity index (χ3n) is 7.17. The first-order chi connectivity index (χ1) is 18.2. The number of benzene rings is 2. The summed E-state index contributed by atoms with van der Waals surface area (Å²) in [5, 5.41) is 1.61. The topological polar surface area (TPSA) is 120 Å². The minimum absolute atomic E-state index is 0.107. The van der Waals surface area contributed by atoms with Crippen LogP contribution in [0.5, 0.6) is 11.5 Å². The van der Waals surface area contributed by atoms with Gasteiger partial charge in [0.15, 0.2) is 17.8 Å². The van der Waals surface area contributed by atoms with E-state index in [4.69, 9.17) is 14.2 Å². The molecule has 4 aromatic rings. The second-order valence-electron chi connectivity index (χ2n) is 9.34. The number of carbonyl (C=O) groups excluding carboxylic acids is 2. The van der Waals surface area contributed by atoms with E-state index in [2.05, 4.69) is 24.8 Å². The van der Waals surface area contributed by atoms with Crippen molar-refractivity contribution < 1.29 is 23.8 Å². The first kappa shape index (κ1) is 23.2. The molecule has 0 amide bonds. The maximum Gasteiger partial charge on any atom is 0.309 e. The lowest BCUT2D eigenvalue weighted by Gasteiger charge is -2.26. The molecule has 2 saturated heterocycles. The lowest BCUT2D eigenvalue weighted by atomic mass is 10.0. The summed E-state index contributed by atoms with van der Waals surface area (Å²) >= 11 is 0. The van der Waals surface area contributed by atoms with Crippen molar-refractivity contribution in [3.63, 3.8) is 0 Å². The summed E-state index contributed by atoms with van der Waals surface area (Å²) in [5.41, 5.74) is 1.90. The molecular formula is C27H27N5O5. The molecule has 6 rings (SSSR count). The maximum absolute atomic E-state index is 12.2. The molecule has 2 aliphatic rings. The van der Waals surface area contributed by atoms with Gasteiger partial charge in [-0.3, -0.25) is 9.59 Å². The summed E-state index contributed by atoms with van der Waals surface area (Å²) < 4.78 is 17.3. The van der Waals surface area contributed by atoms with E-state index in [9.17, 15) is 9.59 Å². The molecule has 0 saturated carbocycles. The van der Waals surface area contributed by atoms with Gasteiger partial charge in [0.05, 0.1) is 37.1 Å². The molecule has 1 unspecified atom stereocenters. The number of aldehydes is 1. The largest absolute Gasteiger partial charge is 0.493 e. The number of H-pyrrole nitrogens is 1. The third-order valence-corrected chi connectivity index (χ3v) is 7.17. The van der Waals surface area contributed by atoms with Crippen LogP contribution in [-0.4, -0.2) is 64.6 Å². The number of aromatic amines is 1. The van der Waals surface area contributed by atoms with E-state index < -0.39 is 0 Å². The van der Waals surface area contributed by atoms with Gasteiger partial charge < -0.3 is 24.1 Å². The van der Waals surface area contributed by atoms with Crippen LogP contribution in [0.3, 0.4) is 0 Å². The van der Waals surface area contributed by atoms with Crippen LogP contribution in [-0.2, 0) is 9.53 Å². The quantitative estimate of drug-likeness (QED) is 0.270. The highest BCUT2D eigenvalue weighted by atomic mass is 16.5. The Morgan fingerprint density at radius 2 is 2.05 bits per heavy atom. The molecule has 0 bridgehead atoms. The van der Waals surface area contributed by atoms with Gasteiger partial charge in [0.25, 0.3) is 0 Å². The molecule has 2 fully saturated rings. The van der Waals surface area contributed by atoms with E-state index in [1.807, 2.05) is 24.3 Å². The maximum atomic E-state index is 12.2. The fourth-order valence-corrected chi connectivity index (χ4v) is 5.26. The first-order valence-electron chi connectivity index (χ1n) is 12.6. The van der Waals surface area contributed by atoms with Crippen LogP contribution in [0.2, 0.25) is 0 Å². The van der Waals surface area contributed by atoms with E-state index in [1.165, 1.54) is 0 Å². The van der Waals surface area contributed by atoms with Crippen LogP contribution in [0.15, 0.2) is 43.0 Å². The first-order valence-corrected chi connectivity index (χ1v) is 12.6. The van der Waals surface area contributed by atoms with Crippen molar-refractivity contribution in [1.82, 2.24) is 19.9 Å². The van der Waals surface area contributed by atoms with Gasteiger partial charge in [0.2, 0.25) is 0 Å². The fraction of sp³-hybridized carbons (Fsp3) is 0.370. The Labute approximate surface area is 213 Å². The summed E-state index contributed by atoms with van der Waals surface area (Å²) in [6.07, 6.45) is 7.22. The molecule has 4 heterocycles. The van der Waals surface area contributed by atoms with Crippen molar-refractivity contribution in [3.05, 3.63) is 48.5 Å². The standard InChI is InChI=1S/C27H27N5O5/c33-13-20-21(35-11-8-18-9-12-36-27(18)34)7-6-17-3-1-5-22(23(17)20)37-14-19-4-2-10-32(19)26-24-25(29-15-28-24)30-16-31-26/h1,3,5-7,13,15-16,18-19H,2,4,8-12,14H2,(H,28,29,30,31)/t18?,19-/m1/s1. The average Bonchev–Trinajstić information content (AvgIpc) is 3.68. The number of nitrogens with one attached hydrogen (secondary N) is 1. The van der Waals surface area contributed by atoms with Gasteiger partial charge in [-0.1, -0.05) is 18.2 Å². The van der Waals surface area contributed by atoms with Gasteiger partial charge >= 0.3 is 5.97 Å². The van der Waals surface area contributed by atoms with Crippen LogP contribution in [0.4, 0.5) is 5.82 Å². The molecule has 2 atom stereocenters. The van der Waals surface area contributed by atoms with Crippen molar-refractivity contribution >= 4 is 40.0 Å². The predicted molar refractivity (Wildman–Crippen MR) is 136 cm³/mol. The molecule has 2 aromatic heterocycles. The summed E-state index contributed by atoms with van der Waals surface area (Å²) in [7, 11) is 0. The summed E-state index contributed by atoms with van der Waals surface area (Å²) in [5.74, 6) is 1.58. The number of hydrogen-bond donors (Lipinski definition) is 1. The van der Waals surface area contributed by atoms with Gasteiger partial charge in [0, 0.05) is 11.9 Å². The summed E-state index contributed by atoms with van der Waals surface area (Å²) in [6, 6.07) is 9.57. The van der Waals surface area contributed by atoms with Crippen LogP contribution in [0, 0.1) is 5.92 Å². The van der Waals surface area contributed by atoms with Gasteiger partial charge in [-0.25, -0.2) is 15.0 Å². The van der Waals surface area contributed by atoms with Crippen molar-refractivity contribution in [2.24, 2.45) is 5.92 Å². The molecule has 10 heteroatoms. The number of anilines is 1. The molecule has 2 aliphatic heterocycles. The zero-order chi connectivity index (χ0) is 25.2. The van der Waals surface area contributed by atoms with Crippen molar-refractivity contribution in [2.45, 2.75) is 31.7 Å². The number of imidazole rings is 1. The fourth-order valence-electron chi connectivity index (χ4n) is 5.26. The van der Waals surface area contributed by atoms with E-state index in [1.54, 1.807) is 18.7 Å². The third kappa shape index (κ3) is 4.43. The summed E-state index contributed by atoms with van der Waals surface area (Å²) in [6.45, 7) is 2.08. The second kappa shape index (κ2) is 10.0. The van der Waals surface area contributed by atoms with E-state index in [0.29, 0.717) is 55.4 Å². The number of fused-ring (bicyclic) bond motifs is 2. The number of esters is 1. The zero-order valence-corrected chi connectivity index (χ0v) is 20.3. The Morgan fingerprint density at radius 1 is 1.11 bits per heavy atom. The van der Waals surface area contributed by atoms with Crippen molar-refractivity contribution in [1.29, 1.82) is 0 Å². The molecule has 0 radical (unpaired) electrons. The number of ether oxygens (including phenoxy) is 3. The Bertz CT molecular complexity index is 1450. The number of aromatic nitrogens is 4. The average molecular weight is 502 g/mol. The number of nitrogens with zero attached hydrogens (tertiary/aromatic N) is 4. The number of cyclic esters (lactones) is 1. The number of hydrogen-bond acceptors (Lipinski definition) is 9. The highest BCUT2D eigenvalue weighted by Gasteiger charge is 2.29. The Kier molecular flexibility index (Phi) is 6.30. The molecule has 190 valence electrons. The lowest BCUT2D eigenvalue weighted by molar-refractivity contribution is -0.141. The molecule has 37 heavy (non-hydrogen) atoms. The smallest absolute Gasteiger partial charge is 0.309 e. The SMILES string of the molecule is O=Cc1c(OCCC2CCOC2=O)ccc2cccc(OC[C@H]3CCCN3c3ncnc4[nH]cnc34)c12. The van der Waals surface area contributed by atoms with Crippen LogP contribution >= 0.6 is 0 Å². The monoisotopic (exact) mass is 501 g/mol. The zero-order valence-electron chi connectivity index (χ0n) is 20.3. The molecule has 10 nitrogen and oxygen atoms in total. The van der Waals surface area contributed by atoms with Gasteiger partial charge in [-0.15, -0.1) is 0 Å². The molecule has 1 N–H and O–H groups in total. The van der Waals surface area contributed by atoms with Gasteiger partial charge in [-0.05, 0) is 43.2 Å². The van der Waals surface area contributed by atoms with Crippen LogP contribution in [0.1, 0.15) is 36.0 Å². The van der Waals surface area contributed by atoms with E-state index >= 15 is 0 Å². The molecule has 0 spiro atoms. The minimum Gasteiger partial charge on any atom is -0.493 e. The van der Waals surface area contributed by atoms with Gasteiger partial charge in [-0.2, -0.15) is 0 Å². The van der Waals surface area contributed by atoms with E-state index in [0.717, 1.165) is 47.8 Å². The Balaban J connectivity index is 1.22. The Morgan fingerprint density at radius 3 is 2.92 bits per heavy atom. The molecule has 2 aromatic carbocycles. The van der Waals surface area contributed by atoms with Crippen LogP contribution in [0.25, 0.3) is 21.9 Å². The predicted octanol–water partition coefficient (Wildman–Crippen LogP) is 3.70. The lowest BCUT2D eigenvalue weighted by Crippen LogP contribution is -2.35. The number of rotatable bonds is 9. The van der Waals surface area contributed by atoms with Gasteiger partial charge in [0.1, 0.15) is 29.9 Å². The molecular weight excluding hydrogens is 474 g/mol. The highest BCUT2D eigenvalue weighted by molar-refractivity contribution is 6.04. The summed E-state index contributed by atoms with van der Waals surface area (Å²) in [4.78, 5) is 42.4. The van der Waals surface area contributed by atoms with Crippen molar-refractivity contribution in [3.8, 4) is 11.5 Å². The van der Waals surface area contributed by atoms with Crippen molar-refractivity contribution in [2.75, 3.05) is 31.3 Å². The normalized spacial score (nSPS) is 19.5. The highest BCUT2D eigenvalue weighted by Crippen LogP contribution is 2.35. The Hall–Kier alpha value is -4.21. The van der Waals surface area contributed by atoms with Crippen LogP contribution < -0.4 is 14.4 Å². The molecule has 0 aliphatic carbocycles. The van der Waals surface area contributed by atoms with E-state index in [-0.39, 0.29) is 17.9 Å². The minimum atomic E-state index is -0.177.